The number of amides is 2. The highest BCUT2D eigenvalue weighted by Gasteiger charge is 2.31. The van der Waals surface area contributed by atoms with Crippen molar-refractivity contribution >= 4 is 34.8 Å². The monoisotopic (exact) mass is 360 g/mol. The van der Waals surface area contributed by atoms with Gasteiger partial charge in [0.25, 0.3) is 0 Å². The number of aromatic amines is 1. The smallest absolute Gasteiger partial charge is 0.337 e. The zero-order chi connectivity index (χ0) is 17.8. The standard InChI is InChI=1S/C17H20N4O3S/c1-3-10-14(15(22)24-4-2)13(19-16(23)18-10)9-25-17-20-11-7-5-6-8-12(11)21-17/h5-8,10H,3-4,9H2,1-2H3,(H,20,21)(H2,18,19,23)/t10-/m1/s1. The molecule has 25 heavy (non-hydrogen) atoms. The summed E-state index contributed by atoms with van der Waals surface area (Å²) in [6.07, 6.45) is 0.611. The molecule has 7 nitrogen and oxygen atoms in total. The number of ether oxygens (including phenoxy) is 1. The Labute approximate surface area is 149 Å². The first-order chi connectivity index (χ1) is 12.1. The van der Waals surface area contributed by atoms with Gasteiger partial charge in [0.05, 0.1) is 29.3 Å². The zero-order valence-electron chi connectivity index (χ0n) is 14.1. The lowest BCUT2D eigenvalue weighted by Crippen LogP contribution is -2.50. The molecule has 3 N–H and O–H groups in total. The third kappa shape index (κ3) is 3.79. The maximum absolute atomic E-state index is 12.3. The Morgan fingerprint density at radius 1 is 1.32 bits per heavy atom. The van der Waals surface area contributed by atoms with E-state index in [4.69, 9.17) is 4.74 Å². The molecule has 1 aliphatic heterocycles. The summed E-state index contributed by atoms with van der Waals surface area (Å²) >= 11 is 1.43. The highest BCUT2D eigenvalue weighted by Crippen LogP contribution is 2.24. The number of fused-ring (bicyclic) bond motifs is 1. The highest BCUT2D eigenvalue weighted by atomic mass is 32.2. The van der Waals surface area contributed by atoms with E-state index in [-0.39, 0.29) is 18.7 Å². The van der Waals surface area contributed by atoms with Crippen molar-refractivity contribution in [2.75, 3.05) is 12.4 Å². The molecule has 0 aliphatic carbocycles. The quantitative estimate of drug-likeness (QED) is 0.543. The van der Waals surface area contributed by atoms with Crippen LogP contribution in [-0.4, -0.2) is 40.4 Å². The number of imidazole rings is 1. The molecule has 0 saturated carbocycles. The molecule has 2 aromatic rings. The SMILES string of the molecule is CCOC(=O)C1=C(CSc2nc3ccccc3[nH]2)NC(=O)N[C@@H]1CC. The Morgan fingerprint density at radius 3 is 2.84 bits per heavy atom. The topological polar surface area (TPSA) is 96.1 Å². The molecule has 0 saturated heterocycles. The van der Waals surface area contributed by atoms with E-state index in [1.54, 1.807) is 6.92 Å². The van der Waals surface area contributed by atoms with Crippen molar-refractivity contribution in [3.63, 3.8) is 0 Å². The van der Waals surface area contributed by atoms with Crippen LogP contribution >= 0.6 is 11.8 Å². The minimum Gasteiger partial charge on any atom is -0.463 e. The molecule has 1 aromatic carbocycles. The fourth-order valence-corrected chi connectivity index (χ4v) is 3.57. The van der Waals surface area contributed by atoms with Gasteiger partial charge in [0.1, 0.15) is 0 Å². The van der Waals surface area contributed by atoms with Crippen molar-refractivity contribution in [2.45, 2.75) is 31.5 Å². The summed E-state index contributed by atoms with van der Waals surface area (Å²) in [5, 5.41) is 6.24. The second-order valence-corrected chi connectivity index (χ2v) is 6.48. The van der Waals surface area contributed by atoms with Crippen LogP contribution in [0.3, 0.4) is 0 Å². The first-order valence-electron chi connectivity index (χ1n) is 8.17. The van der Waals surface area contributed by atoms with Gasteiger partial charge in [0.2, 0.25) is 0 Å². The number of benzene rings is 1. The summed E-state index contributed by atoms with van der Waals surface area (Å²) in [7, 11) is 0. The number of nitrogens with one attached hydrogen (secondary N) is 3. The predicted octanol–water partition coefficient (Wildman–Crippen LogP) is 2.56. The molecule has 0 fully saturated rings. The minimum atomic E-state index is -0.401. The Balaban J connectivity index is 1.84. The second-order valence-electron chi connectivity index (χ2n) is 5.52. The van der Waals surface area contributed by atoms with E-state index in [0.29, 0.717) is 23.4 Å². The lowest BCUT2D eigenvalue weighted by Gasteiger charge is -2.28. The summed E-state index contributed by atoms with van der Waals surface area (Å²) in [6, 6.07) is 7.10. The number of H-pyrrole nitrogens is 1. The third-order valence-electron chi connectivity index (χ3n) is 3.87. The van der Waals surface area contributed by atoms with Gasteiger partial charge in [0.15, 0.2) is 5.16 Å². The van der Waals surface area contributed by atoms with Gasteiger partial charge in [0, 0.05) is 11.4 Å². The number of para-hydroxylation sites is 2. The first-order valence-corrected chi connectivity index (χ1v) is 9.16. The molecule has 0 unspecified atom stereocenters. The number of nitrogens with zero attached hydrogens (tertiary/aromatic N) is 1. The van der Waals surface area contributed by atoms with E-state index >= 15 is 0 Å². The van der Waals surface area contributed by atoms with Crippen molar-refractivity contribution in [1.29, 1.82) is 0 Å². The van der Waals surface area contributed by atoms with E-state index < -0.39 is 5.97 Å². The molecule has 1 aliphatic rings. The maximum Gasteiger partial charge on any atom is 0.337 e. The van der Waals surface area contributed by atoms with E-state index in [0.717, 1.165) is 16.2 Å². The lowest BCUT2D eigenvalue weighted by molar-refractivity contribution is -0.139. The average Bonchev–Trinajstić information content (AvgIpc) is 3.02. The molecule has 2 amide bonds. The van der Waals surface area contributed by atoms with Crippen molar-refractivity contribution in [1.82, 2.24) is 20.6 Å². The van der Waals surface area contributed by atoms with Crippen LogP contribution in [0, 0.1) is 0 Å². The van der Waals surface area contributed by atoms with Crippen LogP contribution in [0.15, 0.2) is 40.7 Å². The van der Waals surface area contributed by atoms with E-state index in [1.165, 1.54) is 11.8 Å². The van der Waals surface area contributed by atoms with Crippen LogP contribution in [0.25, 0.3) is 11.0 Å². The van der Waals surface area contributed by atoms with Gasteiger partial charge in [-0.25, -0.2) is 14.6 Å². The van der Waals surface area contributed by atoms with Crippen molar-refractivity contribution < 1.29 is 14.3 Å². The summed E-state index contributed by atoms with van der Waals surface area (Å²) in [5.41, 5.74) is 2.88. The van der Waals surface area contributed by atoms with Crippen molar-refractivity contribution in [2.24, 2.45) is 0 Å². The summed E-state index contributed by atoms with van der Waals surface area (Å²) in [6.45, 7) is 3.97. The molecule has 8 heteroatoms. The first kappa shape index (κ1) is 17.3. The Hall–Kier alpha value is -2.48. The number of esters is 1. The molecule has 0 bridgehead atoms. The van der Waals surface area contributed by atoms with Gasteiger partial charge >= 0.3 is 12.0 Å². The van der Waals surface area contributed by atoms with Gasteiger partial charge < -0.3 is 20.4 Å². The van der Waals surface area contributed by atoms with Gasteiger partial charge in [-0.3, -0.25) is 0 Å². The number of hydrogen-bond acceptors (Lipinski definition) is 5. The molecular weight excluding hydrogens is 340 g/mol. The Morgan fingerprint density at radius 2 is 2.12 bits per heavy atom. The van der Waals surface area contributed by atoms with Crippen molar-refractivity contribution in [3.05, 3.63) is 35.5 Å². The van der Waals surface area contributed by atoms with E-state index in [1.807, 2.05) is 31.2 Å². The number of aromatic nitrogens is 2. The van der Waals surface area contributed by atoms with Crippen LogP contribution in [0.1, 0.15) is 20.3 Å². The molecule has 132 valence electrons. The van der Waals surface area contributed by atoms with Gasteiger partial charge in [-0.1, -0.05) is 30.8 Å². The van der Waals surface area contributed by atoms with Crippen LogP contribution in [0.2, 0.25) is 0 Å². The average molecular weight is 360 g/mol. The van der Waals surface area contributed by atoms with Crippen LogP contribution in [-0.2, 0) is 9.53 Å². The molecular formula is C17H20N4O3S. The number of carbonyl (C=O) groups is 2. The maximum atomic E-state index is 12.3. The molecule has 3 rings (SSSR count). The van der Waals surface area contributed by atoms with Gasteiger partial charge in [-0.15, -0.1) is 0 Å². The summed E-state index contributed by atoms with van der Waals surface area (Å²) in [4.78, 5) is 31.9. The molecule has 2 heterocycles. The lowest BCUT2D eigenvalue weighted by atomic mass is 10.0. The predicted molar refractivity (Wildman–Crippen MR) is 96.2 cm³/mol. The zero-order valence-corrected chi connectivity index (χ0v) is 14.9. The summed E-state index contributed by atoms with van der Waals surface area (Å²) in [5.74, 6) is 0.0137. The summed E-state index contributed by atoms with van der Waals surface area (Å²) < 4.78 is 5.16. The highest BCUT2D eigenvalue weighted by molar-refractivity contribution is 7.99. The molecule has 1 atom stereocenters. The van der Waals surface area contributed by atoms with Gasteiger partial charge in [-0.2, -0.15) is 0 Å². The largest absolute Gasteiger partial charge is 0.463 e. The second kappa shape index (κ2) is 7.60. The molecule has 0 spiro atoms. The molecule has 1 aromatic heterocycles. The minimum absolute atomic E-state index is 0.288. The number of thioether (sulfide) groups is 1. The van der Waals surface area contributed by atoms with E-state index in [9.17, 15) is 9.59 Å². The number of carbonyl (C=O) groups excluding carboxylic acids is 2. The number of urea groups is 1. The van der Waals surface area contributed by atoms with Crippen LogP contribution in [0.5, 0.6) is 0 Å². The fourth-order valence-electron chi connectivity index (χ4n) is 2.71. The van der Waals surface area contributed by atoms with Crippen LogP contribution < -0.4 is 10.6 Å². The van der Waals surface area contributed by atoms with E-state index in [2.05, 4.69) is 20.6 Å². The Bertz CT molecular complexity index is 797. The van der Waals surface area contributed by atoms with Crippen molar-refractivity contribution in [3.8, 4) is 0 Å². The fraction of sp³-hybridized carbons (Fsp3) is 0.353. The van der Waals surface area contributed by atoms with Gasteiger partial charge in [-0.05, 0) is 25.5 Å². The van der Waals surface area contributed by atoms with Crippen LogP contribution in [0.4, 0.5) is 4.79 Å². The normalized spacial score (nSPS) is 17.4. The number of hydrogen-bond donors (Lipinski definition) is 3. The third-order valence-corrected chi connectivity index (χ3v) is 4.77. The molecule has 0 radical (unpaired) electrons. The number of rotatable bonds is 6. The Kier molecular flexibility index (Phi) is 5.28.